The topological polar surface area (TPSA) is 105 Å². The molecule has 0 aliphatic heterocycles. The second-order valence-electron chi connectivity index (χ2n) is 5.97. The largest absolute Gasteiger partial charge is 0.492 e. The molecule has 9 nitrogen and oxygen atoms in total. The van der Waals surface area contributed by atoms with Gasteiger partial charge in [0.15, 0.2) is 0 Å². The van der Waals surface area contributed by atoms with Gasteiger partial charge in [-0.1, -0.05) is 29.1 Å². The Morgan fingerprint density at radius 3 is 2.86 bits per heavy atom. The van der Waals surface area contributed by atoms with Crippen LogP contribution in [-0.2, 0) is 6.42 Å². The number of thioether (sulfide) groups is 1. The van der Waals surface area contributed by atoms with E-state index in [2.05, 4.69) is 30.7 Å². The van der Waals surface area contributed by atoms with Crippen LogP contribution in [-0.4, -0.2) is 47.7 Å². The highest BCUT2D eigenvalue weighted by molar-refractivity contribution is 7.99. The highest BCUT2D eigenvalue weighted by atomic mass is 32.2. The van der Waals surface area contributed by atoms with E-state index in [-0.39, 0.29) is 0 Å². The standard InChI is InChI=1S/C19H19N7O2S/c1-2-27-16-7-4-3-6-15(16)26-19(22-24-25-26)29-13-5-8-17-21-18(23-28-17)14-9-11-20-12-10-14/h3-4,6-7,9-12H,2,5,8,13H2,1H3. The van der Waals surface area contributed by atoms with Crippen molar-refractivity contribution in [1.82, 2.24) is 35.3 Å². The van der Waals surface area contributed by atoms with Crippen molar-refractivity contribution in [2.75, 3.05) is 12.4 Å². The Bertz CT molecular complexity index is 1050. The Labute approximate surface area is 171 Å². The van der Waals surface area contributed by atoms with E-state index in [1.54, 1.807) is 28.8 Å². The molecule has 148 valence electrons. The van der Waals surface area contributed by atoms with Gasteiger partial charge in [-0.15, -0.1) is 5.10 Å². The number of para-hydroxylation sites is 2. The Hall–Kier alpha value is -3.27. The van der Waals surface area contributed by atoms with Gasteiger partial charge in [0.1, 0.15) is 11.4 Å². The van der Waals surface area contributed by atoms with E-state index < -0.39 is 0 Å². The lowest BCUT2D eigenvalue weighted by atomic mass is 10.2. The molecule has 4 aromatic rings. The fourth-order valence-electron chi connectivity index (χ4n) is 2.69. The van der Waals surface area contributed by atoms with Crippen molar-refractivity contribution >= 4 is 11.8 Å². The maximum atomic E-state index is 5.68. The lowest BCUT2D eigenvalue weighted by Gasteiger charge is -2.10. The minimum absolute atomic E-state index is 0.575. The number of pyridine rings is 1. The highest BCUT2D eigenvalue weighted by Gasteiger charge is 2.14. The number of aromatic nitrogens is 7. The van der Waals surface area contributed by atoms with Gasteiger partial charge in [0.05, 0.1) is 6.61 Å². The maximum absolute atomic E-state index is 5.68. The van der Waals surface area contributed by atoms with Gasteiger partial charge < -0.3 is 9.26 Å². The van der Waals surface area contributed by atoms with Gasteiger partial charge >= 0.3 is 0 Å². The van der Waals surface area contributed by atoms with Crippen molar-refractivity contribution in [2.45, 2.75) is 24.9 Å². The van der Waals surface area contributed by atoms with Crippen LogP contribution >= 0.6 is 11.8 Å². The first-order chi connectivity index (χ1) is 14.3. The van der Waals surface area contributed by atoms with Gasteiger partial charge in [-0.05, 0) is 48.0 Å². The predicted octanol–water partition coefficient (Wildman–Crippen LogP) is 3.23. The van der Waals surface area contributed by atoms with E-state index in [0.29, 0.717) is 29.9 Å². The van der Waals surface area contributed by atoms with Gasteiger partial charge in [-0.25, -0.2) is 0 Å². The van der Waals surface area contributed by atoms with E-state index in [1.165, 1.54) is 0 Å². The molecule has 0 N–H and O–H groups in total. The van der Waals surface area contributed by atoms with Crippen molar-refractivity contribution in [3.05, 3.63) is 54.7 Å². The molecule has 29 heavy (non-hydrogen) atoms. The number of aryl methyl sites for hydroxylation is 1. The van der Waals surface area contributed by atoms with Crippen molar-refractivity contribution in [1.29, 1.82) is 0 Å². The second kappa shape index (κ2) is 9.28. The summed E-state index contributed by atoms with van der Waals surface area (Å²) in [6.45, 7) is 2.52. The summed E-state index contributed by atoms with van der Waals surface area (Å²) in [6, 6.07) is 11.4. The SMILES string of the molecule is CCOc1ccccc1-n1nnnc1SCCCc1nc(-c2ccncc2)no1. The molecule has 3 heterocycles. The molecule has 0 atom stereocenters. The molecule has 1 aromatic carbocycles. The summed E-state index contributed by atoms with van der Waals surface area (Å²) in [5.41, 5.74) is 1.71. The van der Waals surface area contributed by atoms with E-state index in [4.69, 9.17) is 9.26 Å². The number of nitrogens with zero attached hydrogens (tertiary/aromatic N) is 7. The van der Waals surface area contributed by atoms with Crippen LogP contribution in [0.1, 0.15) is 19.2 Å². The summed E-state index contributed by atoms with van der Waals surface area (Å²) in [6.07, 6.45) is 4.94. The minimum Gasteiger partial charge on any atom is -0.492 e. The fourth-order valence-corrected chi connectivity index (χ4v) is 3.51. The van der Waals surface area contributed by atoms with Crippen molar-refractivity contribution < 1.29 is 9.26 Å². The van der Waals surface area contributed by atoms with Crippen LogP contribution in [0.5, 0.6) is 5.75 Å². The summed E-state index contributed by atoms with van der Waals surface area (Å²) in [4.78, 5) is 8.43. The van der Waals surface area contributed by atoms with Gasteiger partial charge in [-0.3, -0.25) is 4.98 Å². The zero-order valence-electron chi connectivity index (χ0n) is 15.8. The normalized spacial score (nSPS) is 10.9. The van der Waals surface area contributed by atoms with Crippen LogP contribution in [0.25, 0.3) is 17.1 Å². The Morgan fingerprint density at radius 1 is 1.14 bits per heavy atom. The zero-order valence-corrected chi connectivity index (χ0v) is 16.6. The molecule has 0 amide bonds. The monoisotopic (exact) mass is 409 g/mol. The average molecular weight is 409 g/mol. The lowest BCUT2D eigenvalue weighted by molar-refractivity contribution is 0.337. The summed E-state index contributed by atoms with van der Waals surface area (Å²) < 4.78 is 12.7. The number of tetrazole rings is 1. The molecule has 0 aliphatic rings. The van der Waals surface area contributed by atoms with Crippen LogP contribution in [0.4, 0.5) is 0 Å². The van der Waals surface area contributed by atoms with Gasteiger partial charge in [0, 0.05) is 30.1 Å². The predicted molar refractivity (Wildman–Crippen MR) is 107 cm³/mol. The molecule has 0 radical (unpaired) electrons. The van der Waals surface area contributed by atoms with Crippen LogP contribution in [0.15, 0.2) is 58.5 Å². The molecule has 0 saturated heterocycles. The van der Waals surface area contributed by atoms with Gasteiger partial charge in [-0.2, -0.15) is 9.67 Å². The first-order valence-electron chi connectivity index (χ1n) is 9.21. The molecular formula is C19H19N7O2S. The molecule has 0 unspecified atom stereocenters. The first-order valence-corrected chi connectivity index (χ1v) is 10.2. The van der Waals surface area contributed by atoms with Crippen LogP contribution < -0.4 is 4.74 Å². The summed E-state index contributed by atoms with van der Waals surface area (Å²) in [7, 11) is 0. The molecule has 0 bridgehead atoms. The molecule has 0 aliphatic carbocycles. The van der Waals surface area contributed by atoms with Crippen LogP contribution in [0, 0.1) is 0 Å². The zero-order chi connectivity index (χ0) is 19.9. The van der Waals surface area contributed by atoms with Crippen LogP contribution in [0.3, 0.4) is 0 Å². The summed E-state index contributed by atoms with van der Waals surface area (Å²) in [5.74, 6) is 2.74. The van der Waals surface area contributed by atoms with E-state index in [9.17, 15) is 0 Å². The second-order valence-corrected chi connectivity index (χ2v) is 7.04. The maximum Gasteiger partial charge on any atom is 0.226 e. The highest BCUT2D eigenvalue weighted by Crippen LogP contribution is 2.26. The number of hydrogen-bond acceptors (Lipinski definition) is 9. The van der Waals surface area contributed by atoms with Gasteiger partial charge in [0.2, 0.25) is 16.9 Å². The number of benzene rings is 1. The Kier molecular flexibility index (Phi) is 6.10. The number of hydrogen-bond donors (Lipinski definition) is 0. The van der Waals surface area contributed by atoms with E-state index >= 15 is 0 Å². The van der Waals surface area contributed by atoms with Crippen molar-refractivity contribution in [3.8, 4) is 22.8 Å². The van der Waals surface area contributed by atoms with Crippen LogP contribution in [0.2, 0.25) is 0 Å². The molecular weight excluding hydrogens is 390 g/mol. The summed E-state index contributed by atoms with van der Waals surface area (Å²) >= 11 is 1.57. The molecule has 0 fully saturated rings. The third kappa shape index (κ3) is 4.60. The molecule has 4 rings (SSSR count). The minimum atomic E-state index is 0.575. The quantitative estimate of drug-likeness (QED) is 0.304. The molecule has 3 aromatic heterocycles. The molecule has 0 saturated carbocycles. The van der Waals surface area contributed by atoms with Crippen molar-refractivity contribution in [3.63, 3.8) is 0 Å². The fraction of sp³-hybridized carbons (Fsp3) is 0.263. The number of rotatable bonds is 9. The molecule has 10 heteroatoms. The number of ether oxygens (including phenoxy) is 1. The Balaban J connectivity index is 1.35. The van der Waals surface area contributed by atoms with Crippen molar-refractivity contribution in [2.24, 2.45) is 0 Å². The third-order valence-corrected chi connectivity index (χ3v) is 5.01. The summed E-state index contributed by atoms with van der Waals surface area (Å²) in [5, 5.41) is 16.8. The van der Waals surface area contributed by atoms with E-state index in [1.807, 2.05) is 43.3 Å². The average Bonchev–Trinajstić information content (AvgIpc) is 3.42. The van der Waals surface area contributed by atoms with E-state index in [0.717, 1.165) is 29.2 Å². The molecule has 0 spiro atoms. The lowest BCUT2D eigenvalue weighted by Crippen LogP contribution is -2.03. The Morgan fingerprint density at radius 2 is 2.00 bits per heavy atom. The first kappa shape index (κ1) is 19.1. The van der Waals surface area contributed by atoms with Gasteiger partial charge in [0.25, 0.3) is 0 Å². The third-order valence-electron chi connectivity index (χ3n) is 4.01. The smallest absolute Gasteiger partial charge is 0.226 e.